The van der Waals surface area contributed by atoms with E-state index in [4.69, 9.17) is 11.6 Å². The van der Waals surface area contributed by atoms with Gasteiger partial charge in [0.1, 0.15) is 5.82 Å². The van der Waals surface area contributed by atoms with Crippen molar-refractivity contribution in [2.45, 2.75) is 6.54 Å². The maximum atomic E-state index is 13.0. The summed E-state index contributed by atoms with van der Waals surface area (Å²) in [5, 5.41) is 13.7. The quantitative estimate of drug-likeness (QED) is 0.657. The third-order valence-corrected chi connectivity index (χ3v) is 4.03. The molecule has 0 aliphatic carbocycles. The molecule has 8 heteroatoms. The molecule has 3 aromatic rings. The maximum Gasteiger partial charge on any atom is 0.375 e. The van der Waals surface area contributed by atoms with Crippen molar-refractivity contribution in [3.63, 3.8) is 0 Å². The van der Waals surface area contributed by atoms with E-state index in [1.54, 1.807) is 42.5 Å². The zero-order valence-corrected chi connectivity index (χ0v) is 15.5. The van der Waals surface area contributed by atoms with Gasteiger partial charge < -0.3 is 10.0 Å². The van der Waals surface area contributed by atoms with Crippen LogP contribution in [0.3, 0.4) is 0 Å². The molecule has 3 rings (SSSR count). The molecule has 0 radical (unpaired) electrons. The Morgan fingerprint density at radius 2 is 1.85 bits per heavy atom. The standard InChI is InChI=1S/C19H17ClN4O3/c1-23(2)11-16-21-18(19(26)27)22-24(16)15-9-8-13(20)10-14(15)17(25)12-6-4-3-5-7-12/h3-10H,11H2,1-2H3,(H,26,27). The van der Waals surface area contributed by atoms with Crippen LogP contribution in [0.25, 0.3) is 5.69 Å². The van der Waals surface area contributed by atoms with Gasteiger partial charge in [0.2, 0.25) is 0 Å². The molecule has 0 atom stereocenters. The highest BCUT2D eigenvalue weighted by Crippen LogP contribution is 2.24. The first kappa shape index (κ1) is 18.8. The minimum atomic E-state index is -1.24. The Kier molecular flexibility index (Phi) is 5.34. The third kappa shape index (κ3) is 4.05. The van der Waals surface area contributed by atoms with Crippen LogP contribution in [-0.2, 0) is 6.54 Å². The van der Waals surface area contributed by atoms with Crippen LogP contribution >= 0.6 is 11.6 Å². The molecule has 0 unspecified atom stereocenters. The fourth-order valence-corrected chi connectivity index (χ4v) is 2.81. The average Bonchev–Trinajstić information content (AvgIpc) is 3.05. The Labute approximate surface area is 160 Å². The summed E-state index contributed by atoms with van der Waals surface area (Å²) in [5.74, 6) is -1.41. The SMILES string of the molecule is CN(C)Cc1nc(C(=O)O)nn1-c1ccc(Cl)cc1C(=O)c1ccccc1. The van der Waals surface area contributed by atoms with Crippen molar-refractivity contribution in [1.29, 1.82) is 0 Å². The molecule has 1 heterocycles. The molecule has 1 N–H and O–H groups in total. The minimum Gasteiger partial charge on any atom is -0.475 e. The lowest BCUT2D eigenvalue weighted by atomic mass is 10.0. The first-order valence-electron chi connectivity index (χ1n) is 8.10. The monoisotopic (exact) mass is 384 g/mol. The molecule has 0 spiro atoms. The summed E-state index contributed by atoms with van der Waals surface area (Å²) in [6.07, 6.45) is 0. The zero-order valence-electron chi connectivity index (χ0n) is 14.8. The zero-order chi connectivity index (χ0) is 19.6. The van der Waals surface area contributed by atoms with Gasteiger partial charge in [0.25, 0.3) is 5.82 Å². The number of halogens is 1. The molecule has 1 aromatic heterocycles. The molecule has 7 nitrogen and oxygen atoms in total. The van der Waals surface area contributed by atoms with Crippen LogP contribution in [-0.4, -0.2) is 50.6 Å². The van der Waals surface area contributed by atoms with Gasteiger partial charge >= 0.3 is 5.97 Å². The van der Waals surface area contributed by atoms with Gasteiger partial charge in [0, 0.05) is 16.1 Å². The van der Waals surface area contributed by atoms with Crippen LogP contribution in [0.2, 0.25) is 5.02 Å². The largest absolute Gasteiger partial charge is 0.475 e. The van der Waals surface area contributed by atoms with Crippen LogP contribution in [0.1, 0.15) is 32.4 Å². The van der Waals surface area contributed by atoms with Crippen molar-refractivity contribution in [2.24, 2.45) is 0 Å². The second kappa shape index (κ2) is 7.69. The molecule has 0 amide bonds. The number of aromatic carboxylic acids is 1. The van der Waals surface area contributed by atoms with Crippen molar-refractivity contribution in [1.82, 2.24) is 19.7 Å². The number of carbonyl (C=O) groups is 2. The Hall–Kier alpha value is -3.03. The van der Waals surface area contributed by atoms with Gasteiger partial charge in [-0.05, 0) is 32.3 Å². The third-order valence-electron chi connectivity index (χ3n) is 3.79. The minimum absolute atomic E-state index is 0.240. The number of hydrogen-bond acceptors (Lipinski definition) is 5. The number of carbonyl (C=O) groups excluding carboxylic acids is 1. The van der Waals surface area contributed by atoms with Gasteiger partial charge in [-0.1, -0.05) is 41.9 Å². The highest BCUT2D eigenvalue weighted by molar-refractivity contribution is 6.31. The number of carboxylic acids is 1. The van der Waals surface area contributed by atoms with Crippen molar-refractivity contribution in [3.8, 4) is 5.69 Å². The summed E-state index contributed by atoms with van der Waals surface area (Å²) < 4.78 is 1.38. The second-order valence-electron chi connectivity index (χ2n) is 6.16. The molecular weight excluding hydrogens is 368 g/mol. The predicted octanol–water partition coefficient (Wildman–Crippen LogP) is 2.91. The number of ketones is 1. The van der Waals surface area contributed by atoms with Gasteiger partial charge in [0.05, 0.1) is 12.2 Å². The van der Waals surface area contributed by atoms with Crippen molar-refractivity contribution in [3.05, 3.63) is 76.3 Å². The molecule has 138 valence electrons. The molecule has 0 fully saturated rings. The first-order valence-corrected chi connectivity index (χ1v) is 8.48. The van der Waals surface area contributed by atoms with E-state index in [0.717, 1.165) is 0 Å². The number of nitrogens with zero attached hydrogens (tertiary/aromatic N) is 4. The van der Waals surface area contributed by atoms with Gasteiger partial charge in [-0.25, -0.2) is 14.5 Å². The van der Waals surface area contributed by atoms with Crippen molar-refractivity contribution in [2.75, 3.05) is 14.1 Å². The lowest BCUT2D eigenvalue weighted by molar-refractivity contribution is 0.0683. The van der Waals surface area contributed by atoms with Crippen LogP contribution in [0.4, 0.5) is 0 Å². The lowest BCUT2D eigenvalue weighted by Crippen LogP contribution is -2.17. The van der Waals surface area contributed by atoms with E-state index < -0.39 is 5.97 Å². The summed E-state index contributed by atoms with van der Waals surface area (Å²) in [4.78, 5) is 30.3. The molecule has 27 heavy (non-hydrogen) atoms. The molecule has 0 aliphatic rings. The van der Waals surface area contributed by atoms with Crippen LogP contribution in [0, 0.1) is 0 Å². The summed E-state index contributed by atoms with van der Waals surface area (Å²) in [5.41, 5.74) is 1.23. The smallest absolute Gasteiger partial charge is 0.375 e. The van der Waals surface area contributed by atoms with Gasteiger partial charge in [0.15, 0.2) is 5.78 Å². The van der Waals surface area contributed by atoms with E-state index in [1.807, 2.05) is 25.1 Å². The van der Waals surface area contributed by atoms with E-state index in [1.165, 1.54) is 4.68 Å². The van der Waals surface area contributed by atoms with E-state index >= 15 is 0 Å². The van der Waals surface area contributed by atoms with Crippen LogP contribution in [0.15, 0.2) is 48.5 Å². The Balaban J connectivity index is 2.18. The summed E-state index contributed by atoms with van der Waals surface area (Å²) in [6.45, 7) is 0.349. The molecule has 0 aliphatic heterocycles. The van der Waals surface area contributed by atoms with Crippen molar-refractivity contribution >= 4 is 23.4 Å². The van der Waals surface area contributed by atoms with Gasteiger partial charge in [-0.3, -0.25) is 4.79 Å². The topological polar surface area (TPSA) is 88.3 Å². The van der Waals surface area contributed by atoms with Crippen LogP contribution in [0.5, 0.6) is 0 Å². The normalized spacial score (nSPS) is 11.0. The number of benzene rings is 2. The van der Waals surface area contributed by atoms with E-state index in [9.17, 15) is 14.7 Å². The maximum absolute atomic E-state index is 13.0. The molecule has 0 saturated carbocycles. The first-order chi connectivity index (χ1) is 12.9. The Morgan fingerprint density at radius 3 is 2.48 bits per heavy atom. The molecule has 2 aromatic carbocycles. The molecular formula is C19H17ClN4O3. The van der Waals surface area contributed by atoms with E-state index in [2.05, 4.69) is 10.1 Å². The van der Waals surface area contributed by atoms with Crippen molar-refractivity contribution < 1.29 is 14.7 Å². The van der Waals surface area contributed by atoms with Gasteiger partial charge in [-0.15, -0.1) is 5.10 Å². The number of rotatable bonds is 6. The number of hydrogen-bond donors (Lipinski definition) is 1. The number of aromatic nitrogens is 3. The Morgan fingerprint density at radius 1 is 1.15 bits per heavy atom. The molecule has 0 saturated heterocycles. The van der Waals surface area contributed by atoms with E-state index in [-0.39, 0.29) is 11.6 Å². The Bertz CT molecular complexity index is 999. The molecule has 0 bridgehead atoms. The average molecular weight is 385 g/mol. The fraction of sp³-hybridized carbons (Fsp3) is 0.158. The summed E-state index contributed by atoms with van der Waals surface area (Å²) in [7, 11) is 3.66. The second-order valence-corrected chi connectivity index (χ2v) is 6.60. The highest BCUT2D eigenvalue weighted by Gasteiger charge is 2.22. The van der Waals surface area contributed by atoms with Gasteiger partial charge in [-0.2, -0.15) is 0 Å². The lowest BCUT2D eigenvalue weighted by Gasteiger charge is -2.14. The summed E-state index contributed by atoms with van der Waals surface area (Å²) in [6, 6.07) is 13.6. The van der Waals surface area contributed by atoms with Crippen LogP contribution < -0.4 is 0 Å². The highest BCUT2D eigenvalue weighted by atomic mass is 35.5. The summed E-state index contributed by atoms with van der Waals surface area (Å²) >= 11 is 6.12. The predicted molar refractivity (Wildman–Crippen MR) is 101 cm³/mol. The van der Waals surface area contributed by atoms with E-state index in [0.29, 0.717) is 34.2 Å². The number of carboxylic acid groups (broad SMARTS) is 1. The fourth-order valence-electron chi connectivity index (χ4n) is 2.63.